The second-order valence-corrected chi connectivity index (χ2v) is 3.28. The van der Waals surface area contributed by atoms with E-state index in [0.717, 1.165) is 6.07 Å². The van der Waals surface area contributed by atoms with Crippen molar-refractivity contribution >= 4 is 23.7 Å². The molecule has 5 heteroatoms. The lowest BCUT2D eigenvalue weighted by molar-refractivity contribution is 0.101. The summed E-state index contributed by atoms with van der Waals surface area (Å²) < 4.78 is 24.8. The third-order valence-corrected chi connectivity index (χ3v) is 2.35. The van der Waals surface area contributed by atoms with E-state index < -0.39 is 12.0 Å². The van der Waals surface area contributed by atoms with Crippen LogP contribution in [-0.4, -0.2) is 12.1 Å². The Morgan fingerprint density at radius 3 is 2.47 bits per heavy atom. The molecule has 0 aromatic heterocycles. The maximum Gasteiger partial charge on any atom is 0.264 e. The third-order valence-electron chi connectivity index (χ3n) is 1.95. The van der Waals surface area contributed by atoms with Crippen LogP contribution in [0.15, 0.2) is 12.1 Å². The first-order valence-corrected chi connectivity index (χ1v) is 4.43. The van der Waals surface area contributed by atoms with Gasteiger partial charge in [0, 0.05) is 16.7 Å². The first-order chi connectivity index (χ1) is 6.99. The molecule has 1 aromatic carbocycles. The molecule has 0 aliphatic rings. The Bertz CT molecular complexity index is 416. The van der Waals surface area contributed by atoms with Gasteiger partial charge in [0.05, 0.1) is 5.02 Å². The lowest BCUT2D eigenvalue weighted by atomic mass is 10.0. The Kier molecular flexibility index (Phi) is 3.52. The van der Waals surface area contributed by atoms with Gasteiger partial charge in [0.1, 0.15) is 0 Å². The number of hydrogen-bond acceptors (Lipinski definition) is 2. The number of aldehydes is 1. The fourth-order valence-corrected chi connectivity index (χ4v) is 1.54. The number of hydrogen-bond donors (Lipinski definition) is 0. The third kappa shape index (κ3) is 2.21. The van der Waals surface area contributed by atoms with Crippen molar-refractivity contribution < 1.29 is 18.4 Å². The Balaban J connectivity index is 3.45. The van der Waals surface area contributed by atoms with Gasteiger partial charge in [-0.15, -0.1) is 0 Å². The Hall–Kier alpha value is -1.29. The number of ketones is 1. The molecule has 80 valence electrons. The van der Waals surface area contributed by atoms with E-state index in [-0.39, 0.29) is 28.2 Å². The zero-order valence-corrected chi connectivity index (χ0v) is 8.52. The molecule has 0 radical (unpaired) electrons. The van der Waals surface area contributed by atoms with Crippen LogP contribution in [0.4, 0.5) is 8.78 Å². The molecule has 0 heterocycles. The van der Waals surface area contributed by atoms with Gasteiger partial charge in [0.15, 0.2) is 12.1 Å². The summed E-state index contributed by atoms with van der Waals surface area (Å²) in [5.41, 5.74) is -0.706. The second-order valence-electron chi connectivity index (χ2n) is 2.90. The van der Waals surface area contributed by atoms with Gasteiger partial charge in [-0.2, -0.15) is 0 Å². The van der Waals surface area contributed by atoms with E-state index in [1.54, 1.807) is 0 Å². The predicted molar refractivity (Wildman–Crippen MR) is 51.8 cm³/mol. The highest BCUT2D eigenvalue weighted by Crippen LogP contribution is 2.29. The summed E-state index contributed by atoms with van der Waals surface area (Å²) in [5.74, 6) is -0.371. The molecule has 0 N–H and O–H groups in total. The van der Waals surface area contributed by atoms with Gasteiger partial charge >= 0.3 is 0 Å². The van der Waals surface area contributed by atoms with Crippen LogP contribution in [0.1, 0.15) is 39.6 Å². The van der Waals surface area contributed by atoms with Crippen molar-refractivity contribution in [2.75, 3.05) is 0 Å². The minimum Gasteiger partial charge on any atom is -0.298 e. The summed E-state index contributed by atoms with van der Waals surface area (Å²) in [5, 5.41) is -0.213. The Morgan fingerprint density at radius 1 is 1.47 bits per heavy atom. The van der Waals surface area contributed by atoms with E-state index in [1.165, 1.54) is 13.0 Å². The molecule has 15 heavy (non-hydrogen) atoms. The van der Waals surface area contributed by atoms with Gasteiger partial charge in [0.25, 0.3) is 6.43 Å². The van der Waals surface area contributed by atoms with Gasteiger partial charge in [-0.05, 0) is 13.0 Å². The van der Waals surface area contributed by atoms with Crippen LogP contribution in [-0.2, 0) is 0 Å². The van der Waals surface area contributed by atoms with E-state index in [0.29, 0.717) is 0 Å². The fourth-order valence-electron chi connectivity index (χ4n) is 1.19. The van der Waals surface area contributed by atoms with Crippen LogP contribution in [0.25, 0.3) is 0 Å². The standard InChI is InChI=1S/C10H7ClF2O2/c1-5(15)6-2-3-7(10(12)13)8(4-14)9(6)11/h2-4,10H,1H3. The predicted octanol–water partition coefficient (Wildman–Crippen LogP) is 3.29. The molecular weight excluding hydrogens is 226 g/mol. The SMILES string of the molecule is CC(=O)c1ccc(C(F)F)c(C=O)c1Cl. The fraction of sp³-hybridized carbons (Fsp3) is 0.200. The maximum atomic E-state index is 12.4. The molecule has 0 spiro atoms. The molecule has 0 atom stereocenters. The molecule has 0 bridgehead atoms. The summed E-state index contributed by atoms with van der Waals surface area (Å²) in [6.45, 7) is 1.25. The summed E-state index contributed by atoms with van der Waals surface area (Å²) in [4.78, 5) is 21.6. The van der Waals surface area contributed by atoms with Crippen LogP contribution in [0.2, 0.25) is 5.02 Å². The monoisotopic (exact) mass is 232 g/mol. The highest BCUT2D eigenvalue weighted by Gasteiger charge is 2.19. The van der Waals surface area contributed by atoms with Crippen molar-refractivity contribution in [1.29, 1.82) is 0 Å². The van der Waals surface area contributed by atoms with Crippen LogP contribution < -0.4 is 0 Å². The maximum absolute atomic E-state index is 12.4. The van der Waals surface area contributed by atoms with Crippen molar-refractivity contribution in [2.24, 2.45) is 0 Å². The number of halogens is 3. The number of rotatable bonds is 3. The molecule has 0 fully saturated rings. The minimum atomic E-state index is -2.79. The van der Waals surface area contributed by atoms with Crippen LogP contribution in [0.3, 0.4) is 0 Å². The summed E-state index contributed by atoms with van der Waals surface area (Å²) in [6, 6.07) is 2.23. The zero-order chi connectivity index (χ0) is 11.6. The second kappa shape index (κ2) is 4.49. The number of Topliss-reactive ketones (excluding diaryl/α,β-unsaturated/α-hetero) is 1. The number of carbonyl (C=O) groups excluding carboxylic acids is 2. The summed E-state index contributed by atoms with van der Waals surface area (Å²) >= 11 is 5.67. The van der Waals surface area contributed by atoms with Crippen molar-refractivity contribution in [3.05, 3.63) is 33.8 Å². The van der Waals surface area contributed by atoms with Crippen LogP contribution in [0.5, 0.6) is 0 Å². The van der Waals surface area contributed by atoms with Gasteiger partial charge in [-0.1, -0.05) is 17.7 Å². The lowest BCUT2D eigenvalue weighted by Crippen LogP contribution is -2.01. The molecule has 0 saturated carbocycles. The molecule has 0 aliphatic carbocycles. The van der Waals surface area contributed by atoms with Crippen LogP contribution in [0, 0.1) is 0 Å². The first kappa shape index (κ1) is 11.8. The van der Waals surface area contributed by atoms with Gasteiger partial charge in [0.2, 0.25) is 0 Å². The van der Waals surface area contributed by atoms with Crippen molar-refractivity contribution in [3.8, 4) is 0 Å². The number of carbonyl (C=O) groups is 2. The number of benzene rings is 1. The van der Waals surface area contributed by atoms with Gasteiger partial charge in [-0.3, -0.25) is 9.59 Å². The van der Waals surface area contributed by atoms with Crippen molar-refractivity contribution in [3.63, 3.8) is 0 Å². The summed E-state index contributed by atoms with van der Waals surface area (Å²) in [7, 11) is 0. The van der Waals surface area contributed by atoms with E-state index in [1.807, 2.05) is 0 Å². The smallest absolute Gasteiger partial charge is 0.264 e. The zero-order valence-electron chi connectivity index (χ0n) is 7.76. The average Bonchev–Trinajstić information content (AvgIpc) is 2.16. The normalized spacial score (nSPS) is 10.5. The Labute approximate surface area is 89.8 Å². The summed E-state index contributed by atoms with van der Waals surface area (Å²) in [6.07, 6.45) is -2.56. The molecular formula is C10H7ClF2O2. The van der Waals surface area contributed by atoms with Gasteiger partial charge < -0.3 is 0 Å². The minimum absolute atomic E-state index is 0.0724. The quantitative estimate of drug-likeness (QED) is 0.592. The molecule has 2 nitrogen and oxygen atoms in total. The Morgan fingerprint density at radius 2 is 2.07 bits per heavy atom. The molecule has 0 unspecified atom stereocenters. The van der Waals surface area contributed by atoms with E-state index >= 15 is 0 Å². The highest BCUT2D eigenvalue weighted by atomic mass is 35.5. The van der Waals surface area contributed by atoms with Crippen molar-refractivity contribution in [1.82, 2.24) is 0 Å². The lowest BCUT2D eigenvalue weighted by Gasteiger charge is -2.08. The molecule has 0 amide bonds. The first-order valence-electron chi connectivity index (χ1n) is 4.05. The van der Waals surface area contributed by atoms with E-state index in [4.69, 9.17) is 11.6 Å². The molecule has 0 aliphatic heterocycles. The molecule has 1 rings (SSSR count). The van der Waals surface area contributed by atoms with E-state index in [9.17, 15) is 18.4 Å². The average molecular weight is 233 g/mol. The van der Waals surface area contributed by atoms with Gasteiger partial charge in [-0.25, -0.2) is 8.78 Å². The van der Waals surface area contributed by atoms with Crippen LogP contribution >= 0.6 is 11.6 Å². The molecule has 0 saturated heterocycles. The number of alkyl halides is 2. The molecule has 1 aromatic rings. The highest BCUT2D eigenvalue weighted by molar-refractivity contribution is 6.36. The van der Waals surface area contributed by atoms with Crippen molar-refractivity contribution in [2.45, 2.75) is 13.3 Å². The van der Waals surface area contributed by atoms with E-state index in [2.05, 4.69) is 0 Å². The topological polar surface area (TPSA) is 34.1 Å². The largest absolute Gasteiger partial charge is 0.298 e.